The Kier molecular flexibility index (Phi) is 27.8. The minimum Gasteiger partial charge on any atom is -0.393 e. The monoisotopic (exact) mass is 2100 g/mol. The molecule has 0 amide bonds. The van der Waals surface area contributed by atoms with Gasteiger partial charge in [-0.25, -0.2) is 77.8 Å². The number of nitrogens with zero attached hydrogens (tertiary/aromatic N) is 25. The van der Waals surface area contributed by atoms with Gasteiger partial charge in [0.15, 0.2) is 29.1 Å². The zero-order valence-electron chi connectivity index (χ0n) is 81.0. The standard InChI is InChI=1S/C25H25N7S.C22H19N5O2S.C21H17ClN6S.C21H15ClN6S.C20H15FN6S/c1-17-22(32-16-18(7-8-20(32)29-17)15-31-13-11-26-12-14-31)25-30-21(19-5-3-2-4-6-19)23(33-25)24-27-9-10-28-24;1-13-19(27-11-15(16(29)12-28)7-8-17(27)25-13)22-26-18(14-5-3-2-4-6-14)20(30-22)21-23-9-10-24-21;1-13-17(16-5-3-4-12-28(16)26-13)21-25-20(18(29-21)19-23-10-11-24-19)27(2)15-8-6-14(22)7-9-15;1-3-13-7-8-15(22)14(10-13)18-19(20-23-11-24-26-20)29-21(25-18)17-12(2)27-28-9-5-4-6-16(17)28;1-11-6-7-14(21)13(9-11)17-18(19-22-10-23-25-19)28-20(24-17)16-12(2)26-27-8-4-3-5-15(16)27/h2-9,16,26H,10-15H2,1H3;2-11,16,28-29H,12H2,1H3,(H,23,24);3-12H,1-2H3,(H,23,24);3-11H,1H2,2H3,(H,23,24,26);3-10H,1-2H3,(H,22,23,25). The second-order valence-corrected chi connectivity index (χ2v) is 40.8. The van der Waals surface area contributed by atoms with E-state index >= 15 is 0 Å². The van der Waals surface area contributed by atoms with Gasteiger partial charge in [-0.1, -0.05) is 145 Å². The summed E-state index contributed by atoms with van der Waals surface area (Å²) in [6.45, 7) is 21.2. The average molecular weight is 2100 g/mol. The van der Waals surface area contributed by atoms with Crippen molar-refractivity contribution in [1.82, 2.24) is 133 Å². The average Bonchev–Trinajstić information content (AvgIpc) is 1.62. The summed E-state index contributed by atoms with van der Waals surface area (Å²) >= 11 is 20.4. The summed E-state index contributed by atoms with van der Waals surface area (Å²) < 4.78 is 24.4. The Balaban J connectivity index is 0.000000106. The number of nitrogens with one attached hydrogen (secondary N) is 5. The number of aliphatic imine (C=N–C) groups is 2. The summed E-state index contributed by atoms with van der Waals surface area (Å²) in [5, 5.41) is 56.0. The summed E-state index contributed by atoms with van der Waals surface area (Å²) in [6, 6.07) is 64.7. The number of aryl methyl sites for hydroxylation is 6. The van der Waals surface area contributed by atoms with Crippen molar-refractivity contribution in [2.24, 2.45) is 9.98 Å². The van der Waals surface area contributed by atoms with Crippen molar-refractivity contribution >= 4 is 137 Å². The molecular weight excluding hydrogens is 2010 g/mol. The Hall–Kier alpha value is -16.4. The molecule has 21 heterocycles. The number of rotatable bonds is 21. The number of H-pyrrole nitrogens is 4. The number of aliphatic hydroxyl groups excluding tert-OH is 2. The van der Waals surface area contributed by atoms with Crippen molar-refractivity contribution < 1.29 is 14.6 Å². The fourth-order valence-corrected chi connectivity index (χ4v) is 24.0. The van der Waals surface area contributed by atoms with E-state index in [1.807, 2.05) is 242 Å². The molecule has 1 unspecified atom stereocenters. The van der Waals surface area contributed by atoms with Gasteiger partial charge in [0, 0.05) is 135 Å². The molecule has 24 aromatic rings. The summed E-state index contributed by atoms with van der Waals surface area (Å²) in [4.78, 5) is 76.5. The molecule has 0 aliphatic carbocycles. The van der Waals surface area contributed by atoms with E-state index in [2.05, 4.69) is 150 Å². The highest BCUT2D eigenvalue weighted by molar-refractivity contribution is 7.20. The van der Waals surface area contributed by atoms with Crippen LogP contribution in [0.15, 0.2) is 285 Å². The number of amidine groups is 1. The smallest absolute Gasteiger partial charge is 0.167 e. The third-order valence-electron chi connectivity index (χ3n) is 25.1. The molecular formula is C109H91Cl2FN30O2S5. The van der Waals surface area contributed by atoms with Gasteiger partial charge in [-0.2, -0.15) is 25.5 Å². The minimum absolute atomic E-state index is 0.320. The largest absolute Gasteiger partial charge is 0.393 e. The number of hydrogen-bond acceptors (Lipinski definition) is 28. The topological polar surface area (TPSA) is 375 Å². The molecule has 26 rings (SSSR count). The number of aliphatic hydroxyl groups is 2. The van der Waals surface area contributed by atoms with E-state index in [0.717, 1.165) is 240 Å². The lowest BCUT2D eigenvalue weighted by Gasteiger charge is -2.27. The molecule has 0 radical (unpaired) electrons. The van der Waals surface area contributed by atoms with Crippen LogP contribution in [0.1, 0.15) is 61.7 Å². The van der Waals surface area contributed by atoms with Gasteiger partial charge in [-0.3, -0.25) is 28.9 Å². The quantitative estimate of drug-likeness (QED) is 0.0351. The molecule has 5 aromatic carbocycles. The molecule has 32 nitrogen and oxygen atoms in total. The van der Waals surface area contributed by atoms with Crippen LogP contribution in [0.2, 0.25) is 10.0 Å². The highest BCUT2D eigenvalue weighted by Gasteiger charge is 2.31. The van der Waals surface area contributed by atoms with Crippen LogP contribution in [0.5, 0.6) is 0 Å². The van der Waals surface area contributed by atoms with E-state index in [0.29, 0.717) is 45.1 Å². The molecule has 0 spiro atoms. The number of thiazole rings is 5. The first-order valence-corrected chi connectivity index (χ1v) is 52.3. The molecule has 0 saturated carbocycles. The van der Waals surface area contributed by atoms with Crippen LogP contribution in [0.25, 0.3) is 175 Å². The molecule has 1 saturated heterocycles. The molecule has 1 atom stereocenters. The van der Waals surface area contributed by atoms with Gasteiger partial charge in [0.25, 0.3) is 0 Å². The van der Waals surface area contributed by atoms with Gasteiger partial charge in [-0.05, 0) is 155 Å². The molecule has 149 heavy (non-hydrogen) atoms. The zero-order chi connectivity index (χ0) is 102. The van der Waals surface area contributed by atoms with E-state index in [1.165, 1.54) is 47.0 Å². The van der Waals surface area contributed by atoms with Crippen LogP contribution in [0.4, 0.5) is 15.9 Å². The highest BCUT2D eigenvalue weighted by atomic mass is 35.5. The maximum absolute atomic E-state index is 14.7. The predicted octanol–water partition coefficient (Wildman–Crippen LogP) is 23.3. The van der Waals surface area contributed by atoms with Gasteiger partial charge < -0.3 is 30.4 Å². The number of halogens is 3. The number of piperazine rings is 1. The van der Waals surface area contributed by atoms with Crippen LogP contribution < -0.4 is 10.2 Å². The Morgan fingerprint density at radius 2 is 1.00 bits per heavy atom. The fraction of sp³-hybridized carbons (Fsp3) is 0.138. The van der Waals surface area contributed by atoms with Crippen LogP contribution in [0.3, 0.4) is 0 Å². The second-order valence-electron chi connectivity index (χ2n) is 34.9. The summed E-state index contributed by atoms with van der Waals surface area (Å²) in [7, 11) is 2.00. The molecule has 1 fully saturated rings. The molecule has 740 valence electrons. The van der Waals surface area contributed by atoms with E-state index in [1.54, 1.807) is 76.9 Å². The SMILES string of the molecule is C=Cc1ccc(Cl)c(-c2nc(-c3c(C)nn4ccccc34)sc2-c2ncn[nH]2)c1.Cc1ccc(F)c(-c2nc(-c3c(C)nn4ccccc34)sc2-c2ncn[nH]2)c1.Cc1nc2ccc(C(O)CO)cn2c1-c1nc(-c2ccccc2)c(-c2ncc[nH]2)s1.Cc1nc2ccc(CN3CCNCC3)cn2c1-c1nc(-c2ccccc2)c(C2=NCC=N2)s1.Cc1nn2ccccc2c1-c1nc(N(C)c2ccc(Cl)cc2)c(-c2ncc[nH]2)s1. The third kappa shape index (κ3) is 19.9. The maximum atomic E-state index is 14.7. The lowest BCUT2D eigenvalue weighted by molar-refractivity contribution is 0.0953. The summed E-state index contributed by atoms with van der Waals surface area (Å²) in [5.41, 5.74) is 25.4. The van der Waals surface area contributed by atoms with Crippen molar-refractivity contribution in [3.63, 3.8) is 0 Å². The van der Waals surface area contributed by atoms with E-state index < -0.39 is 6.10 Å². The zero-order valence-corrected chi connectivity index (χ0v) is 86.6. The van der Waals surface area contributed by atoms with E-state index in [9.17, 15) is 14.6 Å². The van der Waals surface area contributed by atoms with Crippen molar-refractivity contribution in [3.05, 3.63) is 347 Å². The number of hydrogen-bond donors (Lipinski definition) is 7. The first kappa shape index (κ1) is 97.4. The van der Waals surface area contributed by atoms with Gasteiger partial charge in [0.05, 0.1) is 122 Å². The molecule has 0 bridgehead atoms. The van der Waals surface area contributed by atoms with E-state index in [-0.39, 0.29) is 12.4 Å². The minimum atomic E-state index is -0.945. The van der Waals surface area contributed by atoms with Crippen LogP contribution in [0, 0.1) is 47.4 Å². The summed E-state index contributed by atoms with van der Waals surface area (Å²) in [5.74, 6) is 4.05. The van der Waals surface area contributed by atoms with Crippen molar-refractivity contribution in [2.45, 2.75) is 54.2 Å². The molecule has 2 aliphatic rings. The number of fused-ring (bicyclic) bond motifs is 5. The number of imidazole rings is 4. The summed E-state index contributed by atoms with van der Waals surface area (Å²) in [6.07, 6.45) is 22.5. The maximum Gasteiger partial charge on any atom is 0.167 e. The van der Waals surface area contributed by atoms with Gasteiger partial charge >= 0.3 is 0 Å². The number of anilines is 2. The van der Waals surface area contributed by atoms with Gasteiger partial charge in [0.1, 0.15) is 83.0 Å². The number of aromatic amines is 4. The van der Waals surface area contributed by atoms with Crippen molar-refractivity contribution in [1.29, 1.82) is 0 Å². The third-order valence-corrected chi connectivity index (χ3v) is 31.0. The molecule has 2 aliphatic heterocycles. The first-order chi connectivity index (χ1) is 72.8. The normalized spacial score (nSPS) is 12.7. The van der Waals surface area contributed by atoms with E-state index in [4.69, 9.17) is 53.1 Å². The molecule has 19 aromatic heterocycles. The lowest BCUT2D eigenvalue weighted by Crippen LogP contribution is -2.42. The van der Waals surface area contributed by atoms with Crippen LogP contribution in [-0.2, 0) is 6.54 Å². The number of benzene rings is 5. The van der Waals surface area contributed by atoms with Crippen molar-refractivity contribution in [2.75, 3.05) is 51.3 Å². The fourth-order valence-electron chi connectivity index (χ4n) is 17.9. The molecule has 7 N–H and O–H groups in total. The Labute approximate surface area is 881 Å². The highest BCUT2D eigenvalue weighted by Crippen LogP contribution is 2.49. The Bertz CT molecular complexity index is 9020. The molecule has 40 heteroatoms. The van der Waals surface area contributed by atoms with Crippen molar-refractivity contribution in [3.8, 4) is 141 Å². The van der Waals surface area contributed by atoms with Gasteiger partial charge in [0.2, 0.25) is 0 Å². The predicted molar refractivity (Wildman–Crippen MR) is 592 cm³/mol. The Morgan fingerprint density at radius 3 is 1.53 bits per heavy atom. The number of aromatic nitrogens is 25. The number of pyridine rings is 5. The van der Waals surface area contributed by atoms with Gasteiger partial charge in [-0.15, -0.1) is 56.7 Å². The second kappa shape index (κ2) is 42.6. The first-order valence-electron chi connectivity index (χ1n) is 47.4. The Morgan fingerprint density at radius 1 is 0.497 bits per heavy atom. The van der Waals surface area contributed by atoms with Crippen LogP contribution >= 0.6 is 79.9 Å². The van der Waals surface area contributed by atoms with Crippen LogP contribution in [-0.4, -0.2) is 196 Å². The lowest BCUT2D eigenvalue weighted by atomic mass is 10.1.